The van der Waals surface area contributed by atoms with E-state index in [2.05, 4.69) is 5.32 Å². The Morgan fingerprint density at radius 3 is 2.41 bits per heavy atom. The highest BCUT2D eigenvalue weighted by atomic mass is 32.1. The average Bonchev–Trinajstić information content (AvgIpc) is 2.96. The molecule has 0 bridgehead atoms. The lowest BCUT2D eigenvalue weighted by molar-refractivity contribution is -0.122. The molecule has 0 aliphatic rings. The van der Waals surface area contributed by atoms with Gasteiger partial charge in [0.15, 0.2) is 6.10 Å². The third-order valence-electron chi connectivity index (χ3n) is 3.78. The standard InChI is InChI=1S/C19H22N2O5S/c1-4-13(26-12-9-7-6-8-10-12)17(23)21-18-14(16(20)22)11(3)15(27-18)19(24)25-5-2/h6-10,13H,4-5H2,1-3H3,(H2,20,22)(H,21,23). The van der Waals surface area contributed by atoms with Crippen LogP contribution >= 0.6 is 11.3 Å². The molecule has 3 N–H and O–H groups in total. The van der Waals surface area contributed by atoms with Crippen molar-refractivity contribution in [3.8, 4) is 5.75 Å². The molecule has 7 nitrogen and oxygen atoms in total. The Hall–Kier alpha value is -2.87. The highest BCUT2D eigenvalue weighted by Crippen LogP contribution is 2.33. The minimum absolute atomic E-state index is 0.103. The molecule has 144 valence electrons. The van der Waals surface area contributed by atoms with Crippen molar-refractivity contribution in [1.29, 1.82) is 0 Å². The van der Waals surface area contributed by atoms with E-state index in [1.54, 1.807) is 38.1 Å². The molecule has 0 fully saturated rings. The number of benzene rings is 1. The maximum atomic E-state index is 12.6. The summed E-state index contributed by atoms with van der Waals surface area (Å²) in [5.41, 5.74) is 5.93. The largest absolute Gasteiger partial charge is 0.481 e. The summed E-state index contributed by atoms with van der Waals surface area (Å²) in [5.74, 6) is -1.16. The number of thiophene rings is 1. The zero-order valence-electron chi connectivity index (χ0n) is 15.4. The van der Waals surface area contributed by atoms with Crippen molar-refractivity contribution in [1.82, 2.24) is 0 Å². The Balaban J connectivity index is 2.26. The minimum atomic E-state index is -0.762. The van der Waals surface area contributed by atoms with Crippen LogP contribution in [-0.2, 0) is 9.53 Å². The molecule has 1 aromatic carbocycles. The van der Waals surface area contributed by atoms with Gasteiger partial charge in [0.2, 0.25) is 0 Å². The molecule has 1 aromatic heterocycles. The maximum Gasteiger partial charge on any atom is 0.348 e. The molecule has 8 heteroatoms. The van der Waals surface area contributed by atoms with Crippen LogP contribution in [0.2, 0.25) is 0 Å². The van der Waals surface area contributed by atoms with Crippen molar-refractivity contribution in [2.45, 2.75) is 33.3 Å². The van der Waals surface area contributed by atoms with Gasteiger partial charge in [-0.05, 0) is 38.0 Å². The second kappa shape index (κ2) is 9.18. The topological polar surface area (TPSA) is 108 Å². The van der Waals surface area contributed by atoms with E-state index in [4.69, 9.17) is 15.2 Å². The van der Waals surface area contributed by atoms with Gasteiger partial charge in [0.05, 0.1) is 12.2 Å². The van der Waals surface area contributed by atoms with Gasteiger partial charge in [0.25, 0.3) is 11.8 Å². The quantitative estimate of drug-likeness (QED) is 0.673. The van der Waals surface area contributed by atoms with Gasteiger partial charge in [-0.3, -0.25) is 9.59 Å². The van der Waals surface area contributed by atoms with Crippen LogP contribution in [0.25, 0.3) is 0 Å². The Bertz CT molecular complexity index is 832. The molecular formula is C19H22N2O5S. The number of carbonyl (C=O) groups excluding carboxylic acids is 3. The molecule has 1 unspecified atom stereocenters. The first-order chi connectivity index (χ1) is 12.9. The summed E-state index contributed by atoms with van der Waals surface area (Å²) >= 11 is 0.962. The van der Waals surface area contributed by atoms with Crippen molar-refractivity contribution >= 4 is 34.1 Å². The summed E-state index contributed by atoms with van der Waals surface area (Å²) in [6.45, 7) is 5.29. The van der Waals surface area contributed by atoms with E-state index < -0.39 is 23.9 Å². The molecule has 1 atom stereocenters. The van der Waals surface area contributed by atoms with E-state index in [1.807, 2.05) is 13.0 Å². The molecule has 2 amide bonds. The second-order valence-electron chi connectivity index (χ2n) is 5.66. The third kappa shape index (κ3) is 4.85. The Morgan fingerprint density at radius 2 is 1.85 bits per heavy atom. The Labute approximate surface area is 161 Å². The molecule has 2 rings (SSSR count). The van der Waals surface area contributed by atoms with Crippen molar-refractivity contribution in [2.24, 2.45) is 5.73 Å². The van der Waals surface area contributed by atoms with Crippen LogP contribution in [0.15, 0.2) is 30.3 Å². The van der Waals surface area contributed by atoms with E-state index in [-0.39, 0.29) is 22.0 Å². The van der Waals surface area contributed by atoms with Crippen LogP contribution in [-0.4, -0.2) is 30.5 Å². The first-order valence-electron chi connectivity index (χ1n) is 8.51. The lowest BCUT2D eigenvalue weighted by atomic mass is 10.1. The normalized spacial score (nSPS) is 11.5. The number of rotatable bonds is 8. The molecule has 0 aliphatic heterocycles. The van der Waals surface area contributed by atoms with E-state index in [1.165, 1.54) is 0 Å². The summed E-state index contributed by atoms with van der Waals surface area (Å²) < 4.78 is 10.7. The summed E-state index contributed by atoms with van der Waals surface area (Å²) in [5, 5.41) is 2.88. The van der Waals surface area contributed by atoms with Gasteiger partial charge >= 0.3 is 5.97 Å². The molecule has 0 radical (unpaired) electrons. The number of anilines is 1. The molecule has 0 spiro atoms. The van der Waals surface area contributed by atoms with Crippen LogP contribution in [0.4, 0.5) is 5.00 Å². The predicted molar refractivity (Wildman–Crippen MR) is 103 cm³/mol. The number of hydrogen-bond donors (Lipinski definition) is 2. The van der Waals surface area contributed by atoms with E-state index >= 15 is 0 Å². The third-order valence-corrected chi connectivity index (χ3v) is 4.96. The minimum Gasteiger partial charge on any atom is -0.481 e. The number of primary amides is 1. The SMILES string of the molecule is CCOC(=O)c1sc(NC(=O)C(CC)Oc2ccccc2)c(C(N)=O)c1C. The first-order valence-corrected chi connectivity index (χ1v) is 9.33. The van der Waals surface area contributed by atoms with Crippen LogP contribution in [0, 0.1) is 6.92 Å². The maximum absolute atomic E-state index is 12.6. The smallest absolute Gasteiger partial charge is 0.348 e. The summed E-state index contributed by atoms with van der Waals surface area (Å²) in [6.07, 6.45) is -0.344. The number of nitrogens with one attached hydrogen (secondary N) is 1. The van der Waals surface area contributed by atoms with E-state index in [0.29, 0.717) is 17.7 Å². The number of nitrogens with two attached hydrogens (primary N) is 1. The molecular weight excluding hydrogens is 368 g/mol. The van der Waals surface area contributed by atoms with Crippen molar-refractivity contribution in [3.05, 3.63) is 46.3 Å². The number of para-hydroxylation sites is 1. The fraction of sp³-hybridized carbons (Fsp3) is 0.316. The zero-order chi connectivity index (χ0) is 20.0. The molecule has 0 aliphatic carbocycles. The summed E-state index contributed by atoms with van der Waals surface area (Å²) in [4.78, 5) is 36.8. The average molecular weight is 390 g/mol. The fourth-order valence-corrected chi connectivity index (χ4v) is 3.58. The summed E-state index contributed by atoms with van der Waals surface area (Å²) in [7, 11) is 0. The van der Waals surface area contributed by atoms with Crippen LogP contribution in [0.1, 0.15) is 45.9 Å². The lowest BCUT2D eigenvalue weighted by Crippen LogP contribution is -2.32. The number of amides is 2. The Morgan fingerprint density at radius 1 is 1.19 bits per heavy atom. The molecule has 0 saturated heterocycles. The van der Waals surface area contributed by atoms with E-state index in [9.17, 15) is 14.4 Å². The van der Waals surface area contributed by atoms with Gasteiger partial charge in [0, 0.05) is 0 Å². The fourth-order valence-electron chi connectivity index (χ4n) is 2.47. The van der Waals surface area contributed by atoms with Gasteiger partial charge in [-0.15, -0.1) is 11.3 Å². The molecule has 2 aromatic rings. The predicted octanol–water partition coefficient (Wildman–Crippen LogP) is 3.13. The van der Waals surface area contributed by atoms with Gasteiger partial charge in [-0.2, -0.15) is 0 Å². The molecule has 1 heterocycles. The zero-order valence-corrected chi connectivity index (χ0v) is 16.2. The van der Waals surface area contributed by atoms with Crippen LogP contribution in [0.5, 0.6) is 5.75 Å². The van der Waals surface area contributed by atoms with Gasteiger partial charge in [-0.25, -0.2) is 4.79 Å². The lowest BCUT2D eigenvalue weighted by Gasteiger charge is -2.17. The molecule has 27 heavy (non-hydrogen) atoms. The first kappa shape index (κ1) is 20.4. The number of carbonyl (C=O) groups is 3. The van der Waals surface area contributed by atoms with Gasteiger partial charge in [-0.1, -0.05) is 25.1 Å². The van der Waals surface area contributed by atoms with Gasteiger partial charge in [0.1, 0.15) is 15.6 Å². The van der Waals surface area contributed by atoms with Crippen molar-refractivity contribution < 1.29 is 23.9 Å². The van der Waals surface area contributed by atoms with Crippen molar-refractivity contribution in [3.63, 3.8) is 0 Å². The number of esters is 1. The molecule has 0 saturated carbocycles. The van der Waals surface area contributed by atoms with E-state index in [0.717, 1.165) is 11.3 Å². The number of ether oxygens (including phenoxy) is 2. The summed E-state index contributed by atoms with van der Waals surface area (Å²) in [6, 6.07) is 8.95. The highest BCUT2D eigenvalue weighted by molar-refractivity contribution is 7.18. The van der Waals surface area contributed by atoms with Crippen molar-refractivity contribution in [2.75, 3.05) is 11.9 Å². The van der Waals surface area contributed by atoms with Crippen LogP contribution < -0.4 is 15.8 Å². The van der Waals surface area contributed by atoms with Gasteiger partial charge < -0.3 is 20.5 Å². The highest BCUT2D eigenvalue weighted by Gasteiger charge is 2.27. The van der Waals surface area contributed by atoms with Crippen LogP contribution in [0.3, 0.4) is 0 Å². The monoisotopic (exact) mass is 390 g/mol. The number of hydrogen-bond acceptors (Lipinski definition) is 6. The Kier molecular flexibility index (Phi) is 6.95. The second-order valence-corrected chi connectivity index (χ2v) is 6.68.